The fourth-order valence-electron chi connectivity index (χ4n) is 1.48. The molecule has 8 N–H and O–H groups in total. The molecule has 0 aliphatic heterocycles. The largest absolute Gasteiger partial charge is 0.354 e. The molecule has 0 atom stereocenters. The van der Waals surface area contributed by atoms with E-state index in [0.29, 0.717) is 0 Å². The van der Waals surface area contributed by atoms with Crippen LogP contribution in [0.15, 0.2) is 0 Å². The number of hydrogen-bond acceptors (Lipinski definition) is 5. The van der Waals surface area contributed by atoms with Crippen LogP contribution in [0.25, 0.3) is 0 Å². The summed E-state index contributed by atoms with van der Waals surface area (Å²) in [5, 5.41) is 0. The molecule has 0 heterocycles. The van der Waals surface area contributed by atoms with E-state index in [1.54, 1.807) is 0 Å². The highest BCUT2D eigenvalue weighted by Gasteiger charge is 2.48. The summed E-state index contributed by atoms with van der Waals surface area (Å²) in [5.74, 6) is 0. The van der Waals surface area contributed by atoms with Crippen molar-refractivity contribution in [2.45, 2.75) is 5.52 Å². The van der Waals surface area contributed by atoms with Crippen LogP contribution in [0.1, 0.15) is 0 Å². The molecule has 0 saturated heterocycles. The SMILES string of the molecule is O=P(O)(O)CCN(CCP(=O)(O)O)C(P(=O)(O)O)P(=O)(O)O. The molecule has 0 aliphatic rings. The normalized spacial score (nSPS) is 14.8. The Morgan fingerprint density at radius 2 is 0.909 bits per heavy atom. The minimum absolute atomic E-state index is 0.278. The summed E-state index contributed by atoms with van der Waals surface area (Å²) in [5.41, 5.74) is -2.75. The molecule has 0 spiro atoms. The molecule has 0 fully saturated rings. The first-order valence-corrected chi connectivity index (χ1v) is 12.3. The van der Waals surface area contributed by atoms with Crippen LogP contribution >= 0.6 is 30.4 Å². The number of hydrogen-bond donors (Lipinski definition) is 8. The molecule has 0 aromatic heterocycles. The van der Waals surface area contributed by atoms with Gasteiger partial charge in [0.1, 0.15) is 0 Å². The van der Waals surface area contributed by atoms with Crippen LogP contribution in [0.2, 0.25) is 0 Å². The standard InChI is InChI=1S/C5H17NO12P4/c7-19(8,9)3-1-6(2-4-20(10,11)12)5(21(13,14)15)22(16,17)18/h5H,1-4H2,(H2,7,8,9)(H2,10,11,12)(H2,13,14,15)(H2,16,17,18). The fourth-order valence-corrected chi connectivity index (χ4v) is 5.40. The van der Waals surface area contributed by atoms with Gasteiger partial charge in [-0.25, -0.2) is 0 Å². The zero-order valence-corrected chi connectivity index (χ0v) is 14.4. The summed E-state index contributed by atoms with van der Waals surface area (Å²) >= 11 is 0. The fraction of sp³-hybridized carbons (Fsp3) is 1.00. The Morgan fingerprint density at radius 1 is 0.636 bits per heavy atom. The lowest BCUT2D eigenvalue weighted by Crippen LogP contribution is -2.39. The highest BCUT2D eigenvalue weighted by atomic mass is 31.2. The van der Waals surface area contributed by atoms with E-state index in [9.17, 15) is 18.3 Å². The second kappa shape index (κ2) is 7.63. The molecular formula is C5H17NO12P4. The summed E-state index contributed by atoms with van der Waals surface area (Å²) in [6.07, 6.45) is -2.02. The topological polar surface area (TPSA) is 233 Å². The lowest BCUT2D eigenvalue weighted by Gasteiger charge is -2.32. The average Bonchev–Trinajstić information content (AvgIpc) is 2.15. The molecule has 0 aromatic rings. The lowest BCUT2D eigenvalue weighted by molar-refractivity contribution is 0.233. The predicted octanol–water partition coefficient (Wildman–Crippen LogP) is -1.72. The van der Waals surface area contributed by atoms with Crippen molar-refractivity contribution in [3.63, 3.8) is 0 Å². The Hall–Kier alpha value is 0.560. The van der Waals surface area contributed by atoms with Gasteiger partial charge in [-0.05, 0) is 0 Å². The van der Waals surface area contributed by atoms with Crippen molar-refractivity contribution in [2.75, 3.05) is 25.4 Å². The van der Waals surface area contributed by atoms with Crippen LogP contribution in [-0.4, -0.2) is 75.0 Å². The highest BCUT2D eigenvalue weighted by Crippen LogP contribution is 2.61. The van der Waals surface area contributed by atoms with E-state index in [1.807, 2.05) is 0 Å². The van der Waals surface area contributed by atoms with E-state index in [4.69, 9.17) is 39.1 Å². The second-order valence-electron chi connectivity index (χ2n) is 4.34. The van der Waals surface area contributed by atoms with E-state index in [1.165, 1.54) is 0 Å². The van der Waals surface area contributed by atoms with Crippen LogP contribution in [0, 0.1) is 0 Å². The lowest BCUT2D eigenvalue weighted by atomic mass is 10.6. The molecule has 0 amide bonds. The van der Waals surface area contributed by atoms with E-state index in [-0.39, 0.29) is 4.90 Å². The second-order valence-corrected chi connectivity index (χ2v) is 11.6. The maximum atomic E-state index is 11.2. The van der Waals surface area contributed by atoms with Crippen molar-refractivity contribution in [1.82, 2.24) is 4.90 Å². The zero-order chi connectivity index (χ0) is 18.0. The van der Waals surface area contributed by atoms with Crippen molar-refractivity contribution in [2.24, 2.45) is 0 Å². The van der Waals surface area contributed by atoms with Crippen LogP contribution in [0.5, 0.6) is 0 Å². The molecule has 0 aliphatic carbocycles. The molecule has 17 heteroatoms. The highest BCUT2D eigenvalue weighted by molar-refractivity contribution is 7.70. The van der Waals surface area contributed by atoms with Gasteiger partial charge in [0.15, 0.2) is 0 Å². The van der Waals surface area contributed by atoms with E-state index in [2.05, 4.69) is 0 Å². The van der Waals surface area contributed by atoms with Gasteiger partial charge in [0.2, 0.25) is 5.52 Å². The molecule has 0 radical (unpaired) electrons. The molecule has 0 rings (SSSR count). The zero-order valence-electron chi connectivity index (χ0n) is 10.9. The van der Waals surface area contributed by atoms with Gasteiger partial charge >= 0.3 is 30.4 Å². The molecule has 13 nitrogen and oxygen atoms in total. The predicted molar refractivity (Wildman–Crippen MR) is 73.3 cm³/mol. The molecular weight excluding hydrogens is 390 g/mol. The van der Waals surface area contributed by atoms with Crippen LogP contribution in [0.4, 0.5) is 0 Å². The molecule has 0 aromatic carbocycles. The summed E-state index contributed by atoms with van der Waals surface area (Å²) < 4.78 is 44.1. The Bertz CT molecular complexity index is 504. The molecule has 0 saturated carbocycles. The maximum Gasteiger partial charge on any atom is 0.354 e. The first-order chi connectivity index (χ1) is 9.43. The van der Waals surface area contributed by atoms with Crippen molar-refractivity contribution in [3.8, 4) is 0 Å². The van der Waals surface area contributed by atoms with E-state index >= 15 is 0 Å². The maximum absolute atomic E-state index is 11.2. The van der Waals surface area contributed by atoms with Gasteiger partial charge in [0, 0.05) is 13.1 Å². The third kappa shape index (κ3) is 9.64. The third-order valence-electron chi connectivity index (χ3n) is 2.29. The van der Waals surface area contributed by atoms with Crippen LogP contribution < -0.4 is 0 Å². The molecule has 22 heavy (non-hydrogen) atoms. The van der Waals surface area contributed by atoms with Crippen molar-refractivity contribution < 1.29 is 57.4 Å². The van der Waals surface area contributed by atoms with E-state index < -0.39 is 61.3 Å². The van der Waals surface area contributed by atoms with E-state index in [0.717, 1.165) is 0 Å². The smallest absolute Gasteiger partial charge is 0.324 e. The monoisotopic (exact) mass is 407 g/mol. The molecule has 0 bridgehead atoms. The minimum atomic E-state index is -5.46. The van der Waals surface area contributed by atoms with Gasteiger partial charge < -0.3 is 39.1 Å². The average molecular weight is 407 g/mol. The van der Waals surface area contributed by atoms with Gasteiger partial charge in [-0.15, -0.1) is 0 Å². The van der Waals surface area contributed by atoms with Crippen molar-refractivity contribution in [3.05, 3.63) is 0 Å². The van der Waals surface area contributed by atoms with Gasteiger partial charge in [0.25, 0.3) is 0 Å². The van der Waals surface area contributed by atoms with Crippen LogP contribution in [-0.2, 0) is 18.3 Å². The third-order valence-corrected chi connectivity index (χ3v) is 7.51. The summed E-state index contributed by atoms with van der Waals surface area (Å²) in [4.78, 5) is 71.3. The van der Waals surface area contributed by atoms with Gasteiger partial charge in [-0.3, -0.25) is 23.2 Å². The van der Waals surface area contributed by atoms with Crippen molar-refractivity contribution in [1.29, 1.82) is 0 Å². The first kappa shape index (κ1) is 22.6. The number of nitrogens with zero attached hydrogens (tertiary/aromatic N) is 1. The van der Waals surface area contributed by atoms with Gasteiger partial charge in [-0.1, -0.05) is 0 Å². The summed E-state index contributed by atoms with van der Waals surface area (Å²) in [6.45, 7) is -1.77. The Kier molecular flexibility index (Phi) is 7.82. The quantitative estimate of drug-likeness (QED) is 0.199. The number of rotatable bonds is 9. The Balaban J connectivity index is 5.49. The Labute approximate surface area is 124 Å². The summed E-state index contributed by atoms with van der Waals surface area (Å²) in [7, 11) is -20.3. The first-order valence-electron chi connectivity index (χ1n) is 5.37. The molecule has 134 valence electrons. The van der Waals surface area contributed by atoms with Gasteiger partial charge in [-0.2, -0.15) is 0 Å². The summed E-state index contributed by atoms with van der Waals surface area (Å²) in [6, 6.07) is 0. The van der Waals surface area contributed by atoms with Crippen LogP contribution in [0.3, 0.4) is 0 Å². The minimum Gasteiger partial charge on any atom is -0.324 e. The van der Waals surface area contributed by atoms with Crippen molar-refractivity contribution >= 4 is 30.4 Å². The molecule has 0 unspecified atom stereocenters. The Morgan fingerprint density at radius 3 is 1.09 bits per heavy atom. The van der Waals surface area contributed by atoms with Gasteiger partial charge in [0.05, 0.1) is 12.3 Å².